The van der Waals surface area contributed by atoms with E-state index in [1.165, 1.54) is 11.3 Å². The number of nitrogens with one attached hydrogen (secondary N) is 2. The minimum Gasteiger partial charge on any atom is -0.396 e. The van der Waals surface area contributed by atoms with Gasteiger partial charge >= 0.3 is 0 Å². The topological polar surface area (TPSA) is 78.4 Å². The highest BCUT2D eigenvalue weighted by molar-refractivity contribution is 7.12. The van der Waals surface area contributed by atoms with Crippen LogP contribution in [0.1, 0.15) is 35.9 Å². The molecule has 0 spiro atoms. The number of amides is 2. The molecule has 1 aromatic rings. The second-order valence-electron chi connectivity index (χ2n) is 5.16. The van der Waals surface area contributed by atoms with Gasteiger partial charge in [0.25, 0.3) is 5.91 Å². The van der Waals surface area contributed by atoms with Crippen LogP contribution < -0.4 is 10.6 Å². The van der Waals surface area contributed by atoms with Crippen LogP contribution in [-0.4, -0.2) is 35.6 Å². The lowest BCUT2D eigenvalue weighted by Crippen LogP contribution is -2.49. The van der Waals surface area contributed by atoms with Gasteiger partial charge in [-0.3, -0.25) is 9.59 Å². The Bertz CT molecular complexity index is 461. The number of aliphatic hydroxyl groups excluding tert-OH is 1. The Hall–Kier alpha value is -1.40. The van der Waals surface area contributed by atoms with E-state index >= 15 is 0 Å². The first kappa shape index (κ1) is 15.0. The predicted octanol–water partition coefficient (Wildman–Crippen LogP) is 1.14. The van der Waals surface area contributed by atoms with Crippen molar-refractivity contribution in [2.24, 2.45) is 5.92 Å². The molecule has 0 saturated heterocycles. The van der Waals surface area contributed by atoms with Gasteiger partial charge in [0.15, 0.2) is 0 Å². The lowest BCUT2D eigenvalue weighted by molar-refractivity contribution is -0.123. The van der Waals surface area contributed by atoms with Crippen LogP contribution in [0.2, 0.25) is 0 Å². The van der Waals surface area contributed by atoms with Crippen molar-refractivity contribution in [1.29, 1.82) is 0 Å². The second-order valence-corrected chi connectivity index (χ2v) is 6.11. The van der Waals surface area contributed by atoms with Crippen LogP contribution in [0.4, 0.5) is 0 Å². The maximum atomic E-state index is 12.1. The fraction of sp³-hybridized carbons (Fsp3) is 0.571. The smallest absolute Gasteiger partial charge is 0.261 e. The first-order chi connectivity index (χ1) is 9.61. The molecule has 5 nitrogen and oxygen atoms in total. The molecule has 2 rings (SSSR count). The monoisotopic (exact) mass is 296 g/mol. The summed E-state index contributed by atoms with van der Waals surface area (Å²) in [6.45, 7) is 1.77. The molecule has 6 heteroatoms. The molecular formula is C14H20N2O3S. The Balaban J connectivity index is 1.84. The largest absolute Gasteiger partial charge is 0.396 e. The lowest BCUT2D eigenvalue weighted by Gasteiger charge is -2.21. The summed E-state index contributed by atoms with van der Waals surface area (Å²) in [5.41, 5.74) is 0. The molecule has 3 unspecified atom stereocenters. The molecule has 110 valence electrons. The van der Waals surface area contributed by atoms with Crippen LogP contribution in [0.15, 0.2) is 17.5 Å². The van der Waals surface area contributed by atoms with E-state index in [1.54, 1.807) is 19.1 Å². The third-order valence-corrected chi connectivity index (χ3v) is 4.58. The van der Waals surface area contributed by atoms with Gasteiger partial charge in [-0.05, 0) is 31.2 Å². The molecule has 1 fully saturated rings. The average Bonchev–Trinajstić information content (AvgIpc) is 3.09. The summed E-state index contributed by atoms with van der Waals surface area (Å²) in [6, 6.07) is 2.97. The molecule has 1 heterocycles. The van der Waals surface area contributed by atoms with E-state index in [-0.39, 0.29) is 30.4 Å². The van der Waals surface area contributed by atoms with Crippen LogP contribution in [0, 0.1) is 5.92 Å². The van der Waals surface area contributed by atoms with E-state index < -0.39 is 6.04 Å². The van der Waals surface area contributed by atoms with Crippen molar-refractivity contribution in [3.8, 4) is 0 Å². The summed E-state index contributed by atoms with van der Waals surface area (Å²) in [4.78, 5) is 24.5. The third kappa shape index (κ3) is 3.58. The van der Waals surface area contributed by atoms with Crippen molar-refractivity contribution in [2.45, 2.75) is 38.3 Å². The highest BCUT2D eigenvalue weighted by Crippen LogP contribution is 2.25. The van der Waals surface area contributed by atoms with E-state index in [1.807, 2.05) is 5.38 Å². The summed E-state index contributed by atoms with van der Waals surface area (Å²) >= 11 is 1.34. The second kappa shape index (κ2) is 6.85. The fourth-order valence-electron chi connectivity index (χ4n) is 2.49. The molecule has 0 aliphatic heterocycles. The van der Waals surface area contributed by atoms with Crippen LogP contribution >= 0.6 is 11.3 Å². The van der Waals surface area contributed by atoms with Gasteiger partial charge in [-0.1, -0.05) is 12.5 Å². The zero-order valence-electron chi connectivity index (χ0n) is 11.5. The zero-order valence-corrected chi connectivity index (χ0v) is 12.3. The summed E-state index contributed by atoms with van der Waals surface area (Å²) in [5.74, 6) is -0.285. The van der Waals surface area contributed by atoms with Crippen LogP contribution in [0.5, 0.6) is 0 Å². The van der Waals surface area contributed by atoms with Gasteiger partial charge in [0, 0.05) is 18.6 Å². The fourth-order valence-corrected chi connectivity index (χ4v) is 3.12. The van der Waals surface area contributed by atoms with E-state index in [2.05, 4.69) is 10.6 Å². The Labute approximate surface area is 122 Å². The number of hydrogen-bond acceptors (Lipinski definition) is 4. The summed E-state index contributed by atoms with van der Waals surface area (Å²) in [7, 11) is 0. The molecule has 0 radical (unpaired) electrons. The molecule has 3 N–H and O–H groups in total. The maximum Gasteiger partial charge on any atom is 0.261 e. The highest BCUT2D eigenvalue weighted by atomic mass is 32.1. The molecule has 0 aromatic carbocycles. The van der Waals surface area contributed by atoms with E-state index in [9.17, 15) is 14.7 Å². The minimum atomic E-state index is -0.579. The molecule has 3 atom stereocenters. The van der Waals surface area contributed by atoms with E-state index in [0.717, 1.165) is 19.3 Å². The number of thiophene rings is 1. The van der Waals surface area contributed by atoms with Gasteiger partial charge in [0.1, 0.15) is 6.04 Å². The zero-order chi connectivity index (χ0) is 14.5. The first-order valence-electron chi connectivity index (χ1n) is 6.87. The Morgan fingerprint density at radius 2 is 2.30 bits per heavy atom. The number of carbonyl (C=O) groups excluding carboxylic acids is 2. The summed E-state index contributed by atoms with van der Waals surface area (Å²) in [6.07, 6.45) is 2.85. The number of carbonyl (C=O) groups is 2. The van der Waals surface area contributed by atoms with Crippen molar-refractivity contribution >= 4 is 23.2 Å². The van der Waals surface area contributed by atoms with Crippen molar-refractivity contribution in [2.75, 3.05) is 6.61 Å². The van der Waals surface area contributed by atoms with Gasteiger partial charge < -0.3 is 15.7 Å². The Morgan fingerprint density at radius 1 is 1.50 bits per heavy atom. The van der Waals surface area contributed by atoms with Crippen LogP contribution in [-0.2, 0) is 4.79 Å². The SMILES string of the molecule is CC(NC(=O)c1cccs1)C(=O)NC1CCCC1CO. The average molecular weight is 296 g/mol. The van der Waals surface area contributed by atoms with Crippen molar-refractivity contribution < 1.29 is 14.7 Å². The van der Waals surface area contributed by atoms with Gasteiger partial charge in [0.2, 0.25) is 5.91 Å². The first-order valence-corrected chi connectivity index (χ1v) is 7.75. The number of aliphatic hydroxyl groups is 1. The molecular weight excluding hydrogens is 276 g/mol. The number of hydrogen-bond donors (Lipinski definition) is 3. The maximum absolute atomic E-state index is 12.1. The standard InChI is InChI=1S/C14H20N2O3S/c1-9(15-14(19)12-6-3-7-20-12)13(18)16-11-5-2-4-10(11)8-17/h3,6-7,9-11,17H,2,4-5,8H2,1H3,(H,15,19)(H,16,18). The Morgan fingerprint density at radius 3 is 2.95 bits per heavy atom. The molecule has 20 heavy (non-hydrogen) atoms. The van der Waals surface area contributed by atoms with E-state index in [4.69, 9.17) is 0 Å². The van der Waals surface area contributed by atoms with Crippen LogP contribution in [0.25, 0.3) is 0 Å². The molecule has 1 aliphatic rings. The molecule has 1 aromatic heterocycles. The lowest BCUT2D eigenvalue weighted by atomic mass is 10.0. The highest BCUT2D eigenvalue weighted by Gasteiger charge is 2.29. The van der Waals surface area contributed by atoms with Gasteiger partial charge in [-0.2, -0.15) is 0 Å². The summed E-state index contributed by atoms with van der Waals surface area (Å²) < 4.78 is 0. The van der Waals surface area contributed by atoms with Crippen molar-refractivity contribution in [1.82, 2.24) is 10.6 Å². The molecule has 2 amide bonds. The number of rotatable bonds is 5. The van der Waals surface area contributed by atoms with Crippen molar-refractivity contribution in [3.05, 3.63) is 22.4 Å². The van der Waals surface area contributed by atoms with Gasteiger partial charge in [-0.15, -0.1) is 11.3 Å². The molecule has 1 saturated carbocycles. The Kier molecular flexibility index (Phi) is 5.14. The summed E-state index contributed by atoms with van der Waals surface area (Å²) in [5, 5.41) is 16.7. The molecule has 0 bridgehead atoms. The van der Waals surface area contributed by atoms with Gasteiger partial charge in [0.05, 0.1) is 4.88 Å². The predicted molar refractivity (Wildman–Crippen MR) is 77.6 cm³/mol. The van der Waals surface area contributed by atoms with Gasteiger partial charge in [-0.25, -0.2) is 0 Å². The third-order valence-electron chi connectivity index (χ3n) is 3.71. The minimum absolute atomic E-state index is 0.0218. The normalized spacial score (nSPS) is 23.3. The van der Waals surface area contributed by atoms with E-state index in [0.29, 0.717) is 4.88 Å². The van der Waals surface area contributed by atoms with Crippen molar-refractivity contribution in [3.63, 3.8) is 0 Å². The molecule has 1 aliphatic carbocycles. The van der Waals surface area contributed by atoms with Crippen LogP contribution in [0.3, 0.4) is 0 Å². The quantitative estimate of drug-likeness (QED) is 0.762.